The Kier molecular flexibility index (Phi) is 5.13. The normalized spacial score (nSPS) is 10.8. The van der Waals surface area contributed by atoms with Crippen molar-refractivity contribution < 1.29 is 9.90 Å². The molecule has 0 bridgehead atoms. The van der Waals surface area contributed by atoms with Gasteiger partial charge in [-0.1, -0.05) is 12.1 Å². The van der Waals surface area contributed by atoms with Crippen molar-refractivity contribution in [1.29, 1.82) is 0 Å². The first-order chi connectivity index (χ1) is 10.6. The fourth-order valence-corrected chi connectivity index (χ4v) is 2.26. The van der Waals surface area contributed by atoms with Crippen molar-refractivity contribution in [2.75, 3.05) is 26.2 Å². The average molecular weight is 304 g/mol. The van der Waals surface area contributed by atoms with Crippen molar-refractivity contribution in [3.63, 3.8) is 0 Å². The molecule has 118 valence electrons. The van der Waals surface area contributed by atoms with E-state index < -0.39 is 11.5 Å². The van der Waals surface area contributed by atoms with Crippen LogP contribution in [-0.4, -0.2) is 41.8 Å². The van der Waals surface area contributed by atoms with Crippen LogP contribution in [0.1, 0.15) is 10.4 Å². The standard InChI is InChI=1S/C15H20N4O3/c1-19-11-5-3-2-4-10(11)13(20)12(15(19)22)14(21)18-9-8-17-7-6-16/h2-5,17,20H,6-9,16H2,1H3,(H,18,21). The second kappa shape index (κ2) is 7.06. The van der Waals surface area contributed by atoms with Gasteiger partial charge >= 0.3 is 0 Å². The van der Waals surface area contributed by atoms with E-state index in [2.05, 4.69) is 10.6 Å². The largest absolute Gasteiger partial charge is 0.506 e. The molecule has 2 rings (SSSR count). The summed E-state index contributed by atoms with van der Waals surface area (Å²) in [5, 5.41) is 16.4. The summed E-state index contributed by atoms with van der Waals surface area (Å²) in [6, 6.07) is 6.90. The minimum Gasteiger partial charge on any atom is -0.506 e. The van der Waals surface area contributed by atoms with Crippen molar-refractivity contribution in [2.24, 2.45) is 12.8 Å². The Hall–Kier alpha value is -2.38. The van der Waals surface area contributed by atoms with Crippen LogP contribution in [0.2, 0.25) is 0 Å². The average Bonchev–Trinajstić information content (AvgIpc) is 2.53. The van der Waals surface area contributed by atoms with E-state index in [0.717, 1.165) is 0 Å². The molecule has 7 nitrogen and oxygen atoms in total. The lowest BCUT2D eigenvalue weighted by Gasteiger charge is -2.12. The highest BCUT2D eigenvalue weighted by atomic mass is 16.3. The minimum absolute atomic E-state index is 0.236. The Morgan fingerprint density at radius 2 is 2.00 bits per heavy atom. The molecular weight excluding hydrogens is 284 g/mol. The number of aromatic nitrogens is 1. The molecule has 5 N–H and O–H groups in total. The maximum absolute atomic E-state index is 12.3. The molecular formula is C15H20N4O3. The Labute approximate surface area is 127 Å². The van der Waals surface area contributed by atoms with E-state index in [9.17, 15) is 14.7 Å². The first-order valence-electron chi connectivity index (χ1n) is 7.07. The van der Waals surface area contributed by atoms with Crippen LogP contribution in [0.3, 0.4) is 0 Å². The van der Waals surface area contributed by atoms with E-state index in [4.69, 9.17) is 5.73 Å². The molecule has 0 atom stereocenters. The molecule has 7 heteroatoms. The molecule has 0 saturated carbocycles. The smallest absolute Gasteiger partial charge is 0.267 e. The van der Waals surface area contributed by atoms with Crippen LogP contribution >= 0.6 is 0 Å². The zero-order valence-electron chi connectivity index (χ0n) is 12.4. The summed E-state index contributed by atoms with van der Waals surface area (Å²) in [6.45, 7) is 2.05. The Balaban J connectivity index is 2.27. The number of nitrogens with zero attached hydrogens (tertiary/aromatic N) is 1. The maximum Gasteiger partial charge on any atom is 0.267 e. The van der Waals surface area contributed by atoms with Crippen LogP contribution in [0.15, 0.2) is 29.1 Å². The van der Waals surface area contributed by atoms with Crippen LogP contribution in [0.25, 0.3) is 10.9 Å². The number of para-hydroxylation sites is 1. The van der Waals surface area contributed by atoms with E-state index in [0.29, 0.717) is 37.1 Å². The van der Waals surface area contributed by atoms with Gasteiger partial charge in [0, 0.05) is 38.6 Å². The van der Waals surface area contributed by atoms with Crippen molar-refractivity contribution in [2.45, 2.75) is 0 Å². The second-order valence-corrected chi connectivity index (χ2v) is 4.90. The molecule has 0 aliphatic heterocycles. The SMILES string of the molecule is Cn1c(=O)c(C(=O)NCCNCCN)c(O)c2ccccc21. The van der Waals surface area contributed by atoms with Crippen molar-refractivity contribution in [3.05, 3.63) is 40.2 Å². The highest BCUT2D eigenvalue weighted by molar-refractivity contribution is 6.02. The lowest BCUT2D eigenvalue weighted by Crippen LogP contribution is -2.37. The Morgan fingerprint density at radius 3 is 2.73 bits per heavy atom. The maximum atomic E-state index is 12.3. The van der Waals surface area contributed by atoms with Crippen molar-refractivity contribution in [1.82, 2.24) is 15.2 Å². The number of aromatic hydroxyl groups is 1. The van der Waals surface area contributed by atoms with Gasteiger partial charge in [-0.15, -0.1) is 0 Å². The van der Waals surface area contributed by atoms with Crippen LogP contribution in [0.4, 0.5) is 0 Å². The van der Waals surface area contributed by atoms with Gasteiger partial charge in [-0.05, 0) is 12.1 Å². The molecule has 0 aliphatic rings. The van der Waals surface area contributed by atoms with Crippen molar-refractivity contribution in [3.8, 4) is 5.75 Å². The molecule has 2 aromatic rings. The highest BCUT2D eigenvalue weighted by Crippen LogP contribution is 2.25. The third kappa shape index (κ3) is 3.10. The Bertz CT molecular complexity index is 739. The number of rotatable bonds is 6. The monoisotopic (exact) mass is 304 g/mol. The summed E-state index contributed by atoms with van der Waals surface area (Å²) in [6.07, 6.45) is 0. The summed E-state index contributed by atoms with van der Waals surface area (Å²) >= 11 is 0. The first kappa shape index (κ1) is 16.0. The molecule has 22 heavy (non-hydrogen) atoms. The van der Waals surface area contributed by atoms with Crippen LogP contribution < -0.4 is 21.9 Å². The van der Waals surface area contributed by atoms with Gasteiger partial charge in [0.15, 0.2) is 0 Å². The van der Waals surface area contributed by atoms with Gasteiger partial charge < -0.3 is 26.0 Å². The van der Waals surface area contributed by atoms with Gasteiger partial charge in [0.05, 0.1) is 5.52 Å². The number of fused-ring (bicyclic) bond motifs is 1. The number of hydrogen-bond acceptors (Lipinski definition) is 5. The van der Waals surface area contributed by atoms with E-state index in [1.54, 1.807) is 31.3 Å². The summed E-state index contributed by atoms with van der Waals surface area (Å²) in [5.41, 5.74) is 5.16. The number of nitrogens with one attached hydrogen (secondary N) is 2. The van der Waals surface area contributed by atoms with E-state index in [1.165, 1.54) is 4.57 Å². The second-order valence-electron chi connectivity index (χ2n) is 4.90. The zero-order chi connectivity index (χ0) is 16.1. The summed E-state index contributed by atoms with van der Waals surface area (Å²) in [5.74, 6) is -0.871. The molecule has 1 heterocycles. The third-order valence-electron chi connectivity index (χ3n) is 3.41. The zero-order valence-corrected chi connectivity index (χ0v) is 12.4. The summed E-state index contributed by atoms with van der Waals surface area (Å²) < 4.78 is 1.36. The minimum atomic E-state index is -0.585. The van der Waals surface area contributed by atoms with Crippen molar-refractivity contribution >= 4 is 16.8 Å². The van der Waals surface area contributed by atoms with Gasteiger partial charge in [0.1, 0.15) is 11.3 Å². The molecule has 0 radical (unpaired) electrons. The van der Waals surface area contributed by atoms with Gasteiger partial charge in [-0.3, -0.25) is 9.59 Å². The van der Waals surface area contributed by atoms with E-state index in [-0.39, 0.29) is 11.3 Å². The third-order valence-corrected chi connectivity index (χ3v) is 3.41. The van der Waals surface area contributed by atoms with Gasteiger partial charge in [0.25, 0.3) is 11.5 Å². The number of hydrogen-bond donors (Lipinski definition) is 4. The number of carbonyl (C=O) groups is 1. The van der Waals surface area contributed by atoms with Gasteiger partial charge in [-0.2, -0.15) is 0 Å². The number of benzene rings is 1. The number of amides is 1. The fourth-order valence-electron chi connectivity index (χ4n) is 2.26. The number of nitrogens with two attached hydrogens (primary N) is 1. The Morgan fingerprint density at radius 1 is 1.27 bits per heavy atom. The summed E-state index contributed by atoms with van der Waals surface area (Å²) in [7, 11) is 1.57. The molecule has 1 aromatic heterocycles. The first-order valence-corrected chi connectivity index (χ1v) is 7.07. The molecule has 1 aromatic carbocycles. The summed E-state index contributed by atoms with van der Waals surface area (Å²) in [4.78, 5) is 24.5. The molecule has 0 spiro atoms. The highest BCUT2D eigenvalue weighted by Gasteiger charge is 2.20. The molecule has 0 saturated heterocycles. The molecule has 1 amide bonds. The predicted octanol–water partition coefficient (Wildman–Crippen LogP) is -0.478. The molecule has 0 aliphatic carbocycles. The van der Waals surface area contributed by atoms with Gasteiger partial charge in [-0.25, -0.2) is 0 Å². The lowest BCUT2D eigenvalue weighted by molar-refractivity contribution is 0.0949. The quantitative estimate of drug-likeness (QED) is 0.539. The fraction of sp³-hybridized carbons (Fsp3) is 0.333. The van der Waals surface area contributed by atoms with E-state index >= 15 is 0 Å². The number of aryl methyl sites for hydroxylation is 1. The van der Waals surface area contributed by atoms with Crippen LogP contribution in [0.5, 0.6) is 5.75 Å². The van der Waals surface area contributed by atoms with Gasteiger partial charge in [0.2, 0.25) is 0 Å². The number of carbonyl (C=O) groups excluding carboxylic acids is 1. The van der Waals surface area contributed by atoms with Crippen LogP contribution in [-0.2, 0) is 7.05 Å². The number of pyridine rings is 1. The predicted molar refractivity (Wildman–Crippen MR) is 85.1 cm³/mol. The van der Waals surface area contributed by atoms with Crippen LogP contribution in [0, 0.1) is 0 Å². The van der Waals surface area contributed by atoms with E-state index in [1.807, 2.05) is 0 Å². The topological polar surface area (TPSA) is 109 Å². The lowest BCUT2D eigenvalue weighted by atomic mass is 10.1. The molecule has 0 fully saturated rings. The molecule has 0 unspecified atom stereocenters.